The molecule has 1 aliphatic rings. The molecule has 1 atom stereocenters. The number of hydrogen-bond acceptors (Lipinski definition) is 2. The van der Waals surface area contributed by atoms with Crippen LogP contribution in [0.15, 0.2) is 48.5 Å². The van der Waals surface area contributed by atoms with Crippen LogP contribution in [0.2, 0.25) is 0 Å². The van der Waals surface area contributed by atoms with Gasteiger partial charge in [0.15, 0.2) is 0 Å². The Morgan fingerprint density at radius 1 is 1.22 bits per heavy atom. The fourth-order valence-corrected chi connectivity index (χ4v) is 3.05. The smallest absolute Gasteiger partial charge is 0.230 e. The van der Waals surface area contributed by atoms with E-state index in [9.17, 15) is 9.18 Å². The quantitative estimate of drug-likeness (QED) is 0.807. The summed E-state index contributed by atoms with van der Waals surface area (Å²) < 4.78 is 13.0. The number of carbonyl (C=O) groups excluding carboxylic acids is 1. The molecule has 1 aromatic heterocycles. The second-order valence-electron chi connectivity index (χ2n) is 5.82. The first-order valence-electron chi connectivity index (χ1n) is 7.69. The number of imidazole rings is 1. The van der Waals surface area contributed by atoms with Gasteiger partial charge in [-0.05, 0) is 36.2 Å². The fraction of sp³-hybridized carbons (Fsp3) is 0.222. The van der Waals surface area contributed by atoms with Gasteiger partial charge in [0.05, 0.1) is 23.5 Å². The number of hydrogen-bond donors (Lipinski definition) is 1. The number of halogens is 1. The molecule has 1 aliphatic heterocycles. The summed E-state index contributed by atoms with van der Waals surface area (Å²) in [4.78, 5) is 22.0. The minimum absolute atomic E-state index is 0.0460. The number of likely N-dealkylation sites (tertiary alicyclic amines) is 1. The summed E-state index contributed by atoms with van der Waals surface area (Å²) in [5, 5.41) is 0. The molecule has 1 saturated heterocycles. The highest BCUT2D eigenvalue weighted by atomic mass is 19.1. The van der Waals surface area contributed by atoms with E-state index in [-0.39, 0.29) is 24.2 Å². The topological polar surface area (TPSA) is 49.0 Å². The predicted octanol–water partition coefficient (Wildman–Crippen LogP) is 3.22. The van der Waals surface area contributed by atoms with Crippen molar-refractivity contribution in [2.75, 3.05) is 6.54 Å². The van der Waals surface area contributed by atoms with Crippen LogP contribution in [0.5, 0.6) is 0 Å². The van der Waals surface area contributed by atoms with E-state index >= 15 is 0 Å². The van der Waals surface area contributed by atoms with Gasteiger partial charge in [0.1, 0.15) is 11.6 Å². The lowest BCUT2D eigenvalue weighted by molar-refractivity contribution is -0.138. The van der Waals surface area contributed by atoms with Gasteiger partial charge in [0.25, 0.3) is 0 Å². The summed E-state index contributed by atoms with van der Waals surface area (Å²) in [6, 6.07) is 14.2. The van der Waals surface area contributed by atoms with Gasteiger partial charge in [-0.2, -0.15) is 0 Å². The number of fused-ring (bicyclic) bond motifs is 1. The van der Waals surface area contributed by atoms with Crippen molar-refractivity contribution in [2.45, 2.75) is 18.9 Å². The van der Waals surface area contributed by atoms with Crippen molar-refractivity contribution < 1.29 is 9.18 Å². The molecule has 0 spiro atoms. The number of carbonyl (C=O) groups is 1. The van der Waals surface area contributed by atoms with Gasteiger partial charge in [0, 0.05) is 6.54 Å². The second kappa shape index (κ2) is 5.50. The normalized spacial score (nSPS) is 17.3. The van der Waals surface area contributed by atoms with Gasteiger partial charge in [-0.1, -0.05) is 24.3 Å². The Bertz CT molecular complexity index is 823. The average molecular weight is 309 g/mol. The molecule has 2 heterocycles. The monoisotopic (exact) mass is 309 g/mol. The maximum atomic E-state index is 13.0. The highest BCUT2D eigenvalue weighted by Crippen LogP contribution is 2.33. The average Bonchev–Trinajstić information content (AvgIpc) is 2.90. The molecule has 0 bridgehead atoms. The van der Waals surface area contributed by atoms with Crippen LogP contribution in [0.3, 0.4) is 0 Å². The number of benzene rings is 2. The lowest BCUT2D eigenvalue weighted by Crippen LogP contribution is -2.45. The molecule has 4 rings (SSSR count). The van der Waals surface area contributed by atoms with Crippen molar-refractivity contribution in [3.8, 4) is 0 Å². The number of para-hydroxylation sites is 2. The molecule has 0 aliphatic carbocycles. The number of H-pyrrole nitrogens is 1. The summed E-state index contributed by atoms with van der Waals surface area (Å²) in [7, 11) is 0. The third-order valence-electron chi connectivity index (χ3n) is 4.35. The van der Waals surface area contributed by atoms with Gasteiger partial charge < -0.3 is 9.88 Å². The Morgan fingerprint density at radius 2 is 2.00 bits per heavy atom. The van der Waals surface area contributed by atoms with Crippen LogP contribution in [0.25, 0.3) is 11.0 Å². The lowest BCUT2D eigenvalue weighted by Gasteiger charge is -2.41. The van der Waals surface area contributed by atoms with Crippen molar-refractivity contribution in [3.63, 3.8) is 0 Å². The molecule has 23 heavy (non-hydrogen) atoms. The van der Waals surface area contributed by atoms with E-state index < -0.39 is 0 Å². The van der Waals surface area contributed by atoms with Crippen LogP contribution in [-0.4, -0.2) is 27.3 Å². The van der Waals surface area contributed by atoms with Crippen LogP contribution in [0, 0.1) is 5.82 Å². The maximum Gasteiger partial charge on any atom is 0.230 e. The first-order chi connectivity index (χ1) is 11.2. The summed E-state index contributed by atoms with van der Waals surface area (Å²) in [5.41, 5.74) is 2.79. The SMILES string of the molecule is O=C(Cc1nc2ccccc2[nH]1)N1CC[C@@H]1c1ccc(F)cc1. The molecule has 2 aromatic carbocycles. The molecule has 0 radical (unpaired) electrons. The Labute approximate surface area is 133 Å². The molecule has 1 N–H and O–H groups in total. The summed E-state index contributed by atoms with van der Waals surface area (Å²) in [6.07, 6.45) is 1.17. The van der Waals surface area contributed by atoms with Crippen LogP contribution in [-0.2, 0) is 11.2 Å². The first kappa shape index (κ1) is 13.9. The number of nitrogens with zero attached hydrogens (tertiary/aromatic N) is 2. The van der Waals surface area contributed by atoms with Gasteiger partial charge in [0.2, 0.25) is 5.91 Å². The van der Waals surface area contributed by atoms with Crippen molar-refractivity contribution in [1.29, 1.82) is 0 Å². The summed E-state index contributed by atoms with van der Waals surface area (Å²) >= 11 is 0. The zero-order valence-electron chi connectivity index (χ0n) is 12.5. The van der Waals surface area contributed by atoms with Crippen molar-refractivity contribution >= 4 is 16.9 Å². The van der Waals surface area contributed by atoms with E-state index in [0.717, 1.165) is 29.6 Å². The first-order valence-corrected chi connectivity index (χ1v) is 7.69. The molecule has 5 heteroatoms. The van der Waals surface area contributed by atoms with Crippen molar-refractivity contribution in [2.24, 2.45) is 0 Å². The highest BCUT2D eigenvalue weighted by molar-refractivity contribution is 5.81. The van der Waals surface area contributed by atoms with E-state index in [1.807, 2.05) is 29.2 Å². The number of nitrogens with one attached hydrogen (secondary N) is 1. The largest absolute Gasteiger partial charge is 0.342 e. The van der Waals surface area contributed by atoms with E-state index in [0.29, 0.717) is 5.82 Å². The van der Waals surface area contributed by atoms with Crippen LogP contribution in [0.1, 0.15) is 23.9 Å². The summed E-state index contributed by atoms with van der Waals surface area (Å²) in [6.45, 7) is 0.737. The molecular formula is C18H16FN3O. The van der Waals surface area contributed by atoms with Gasteiger partial charge >= 0.3 is 0 Å². The predicted molar refractivity (Wildman–Crippen MR) is 85.3 cm³/mol. The molecule has 0 unspecified atom stereocenters. The van der Waals surface area contributed by atoms with E-state index in [4.69, 9.17) is 0 Å². The van der Waals surface area contributed by atoms with E-state index in [1.54, 1.807) is 12.1 Å². The minimum Gasteiger partial charge on any atom is -0.342 e. The third-order valence-corrected chi connectivity index (χ3v) is 4.35. The van der Waals surface area contributed by atoms with Gasteiger partial charge in [-0.3, -0.25) is 4.79 Å². The molecule has 3 aromatic rings. The zero-order valence-corrected chi connectivity index (χ0v) is 12.5. The third kappa shape index (κ3) is 2.59. The number of amides is 1. The van der Waals surface area contributed by atoms with Gasteiger partial charge in [-0.25, -0.2) is 9.37 Å². The molecule has 4 nitrogen and oxygen atoms in total. The molecular weight excluding hydrogens is 293 g/mol. The van der Waals surface area contributed by atoms with Crippen molar-refractivity contribution in [1.82, 2.24) is 14.9 Å². The Morgan fingerprint density at radius 3 is 2.70 bits per heavy atom. The van der Waals surface area contributed by atoms with Crippen molar-refractivity contribution in [3.05, 3.63) is 65.7 Å². The highest BCUT2D eigenvalue weighted by Gasteiger charge is 2.33. The van der Waals surface area contributed by atoms with E-state index in [2.05, 4.69) is 9.97 Å². The minimum atomic E-state index is -0.256. The van der Waals surface area contributed by atoms with Crippen LogP contribution >= 0.6 is 0 Å². The van der Waals surface area contributed by atoms with Crippen LogP contribution in [0.4, 0.5) is 4.39 Å². The molecule has 0 saturated carbocycles. The Hall–Kier alpha value is -2.69. The number of rotatable bonds is 3. The zero-order chi connectivity index (χ0) is 15.8. The van der Waals surface area contributed by atoms with E-state index in [1.165, 1.54) is 12.1 Å². The second-order valence-corrected chi connectivity index (χ2v) is 5.82. The standard InChI is InChI=1S/C18H16FN3O/c19-13-7-5-12(6-8-13)16-9-10-22(16)18(23)11-17-20-14-3-1-2-4-15(14)21-17/h1-8,16H,9-11H2,(H,20,21)/t16-/m1/s1. The lowest BCUT2D eigenvalue weighted by atomic mass is 9.94. The molecule has 1 amide bonds. The number of aromatic amines is 1. The van der Waals surface area contributed by atoms with Gasteiger partial charge in [-0.15, -0.1) is 0 Å². The summed E-state index contributed by atoms with van der Waals surface area (Å²) in [5.74, 6) is 0.471. The van der Waals surface area contributed by atoms with Crippen LogP contribution < -0.4 is 0 Å². The molecule has 116 valence electrons. The Kier molecular flexibility index (Phi) is 3.33. The number of aromatic nitrogens is 2. The molecule has 1 fully saturated rings. The Balaban J connectivity index is 1.49. The fourth-order valence-electron chi connectivity index (χ4n) is 3.05. The maximum absolute atomic E-state index is 13.0.